The normalized spacial score (nSPS) is 24.1. The zero-order valence-electron chi connectivity index (χ0n) is 13.3. The van der Waals surface area contributed by atoms with Crippen molar-refractivity contribution in [3.05, 3.63) is 53.7 Å². The van der Waals surface area contributed by atoms with Crippen LogP contribution in [0.1, 0.15) is 34.7 Å². The number of aryl methyl sites for hydroxylation is 1. The summed E-state index contributed by atoms with van der Waals surface area (Å²) in [4.78, 5) is 21.3. The third-order valence-corrected chi connectivity index (χ3v) is 5.02. The molecule has 5 nitrogen and oxygen atoms in total. The average molecular weight is 311 g/mol. The number of rotatable bonds is 3. The third-order valence-electron chi connectivity index (χ3n) is 5.02. The highest BCUT2D eigenvalue weighted by atomic mass is 16.3. The van der Waals surface area contributed by atoms with E-state index in [1.54, 1.807) is 12.4 Å². The fourth-order valence-electron chi connectivity index (χ4n) is 3.95. The summed E-state index contributed by atoms with van der Waals surface area (Å²) in [5.41, 5.74) is 0.688. The molecule has 2 atom stereocenters. The fraction of sp³-hybridized carbons (Fsp3) is 0.444. The number of nitrogens with zero attached hydrogens (tertiary/aromatic N) is 3. The number of fused-ring (bicyclic) bond motifs is 1. The minimum absolute atomic E-state index is 0.112. The number of pyridine rings is 1. The van der Waals surface area contributed by atoms with E-state index >= 15 is 0 Å². The fourth-order valence-corrected chi connectivity index (χ4v) is 3.95. The molecular formula is C18H21N3O2. The number of carbonyl (C=O) groups excluding carboxylic acids is 1. The maximum atomic E-state index is 12.7. The van der Waals surface area contributed by atoms with Crippen molar-refractivity contribution in [3.63, 3.8) is 0 Å². The molecule has 0 N–H and O–H groups in total. The molecule has 2 fully saturated rings. The lowest BCUT2D eigenvalue weighted by molar-refractivity contribution is 0.0731. The highest BCUT2D eigenvalue weighted by Gasteiger charge is 2.44. The number of aromatic nitrogens is 1. The van der Waals surface area contributed by atoms with Gasteiger partial charge in [0.2, 0.25) is 0 Å². The van der Waals surface area contributed by atoms with Gasteiger partial charge in [0.25, 0.3) is 5.91 Å². The number of amides is 1. The summed E-state index contributed by atoms with van der Waals surface area (Å²) in [6.07, 6.45) is 5.44. The van der Waals surface area contributed by atoms with Crippen molar-refractivity contribution in [1.82, 2.24) is 14.8 Å². The first-order valence-corrected chi connectivity index (χ1v) is 8.23. The Morgan fingerprint density at radius 1 is 1.26 bits per heavy atom. The lowest BCUT2D eigenvalue weighted by Gasteiger charge is -2.25. The van der Waals surface area contributed by atoms with Gasteiger partial charge in [-0.15, -0.1) is 0 Å². The first kappa shape index (κ1) is 14.5. The minimum Gasteiger partial charge on any atom is -0.465 e. The topological polar surface area (TPSA) is 49.6 Å². The number of hydrogen-bond donors (Lipinski definition) is 0. The maximum absolute atomic E-state index is 12.7. The smallest absolute Gasteiger partial charge is 0.255 e. The van der Waals surface area contributed by atoms with E-state index in [1.807, 2.05) is 30.0 Å². The zero-order chi connectivity index (χ0) is 15.8. The van der Waals surface area contributed by atoms with Gasteiger partial charge in [0.05, 0.1) is 12.1 Å². The molecule has 4 rings (SSSR count). The van der Waals surface area contributed by atoms with Crippen LogP contribution >= 0.6 is 0 Å². The molecule has 2 aliphatic rings. The summed E-state index contributed by atoms with van der Waals surface area (Å²) in [6, 6.07) is 8.49. The van der Waals surface area contributed by atoms with E-state index in [0.29, 0.717) is 17.6 Å². The average Bonchev–Trinajstić information content (AvgIpc) is 3.26. The van der Waals surface area contributed by atoms with Gasteiger partial charge in [-0.05, 0) is 44.0 Å². The van der Waals surface area contributed by atoms with Gasteiger partial charge in [-0.2, -0.15) is 0 Å². The van der Waals surface area contributed by atoms with Crippen LogP contribution in [0, 0.1) is 6.92 Å². The Kier molecular flexibility index (Phi) is 3.65. The summed E-state index contributed by atoms with van der Waals surface area (Å²) < 4.78 is 5.71. The predicted molar refractivity (Wildman–Crippen MR) is 85.9 cm³/mol. The monoisotopic (exact) mass is 311 g/mol. The van der Waals surface area contributed by atoms with Gasteiger partial charge in [0.1, 0.15) is 11.5 Å². The van der Waals surface area contributed by atoms with Gasteiger partial charge in [0, 0.05) is 37.6 Å². The Labute approximate surface area is 135 Å². The van der Waals surface area contributed by atoms with Gasteiger partial charge in [0.15, 0.2) is 0 Å². The molecule has 0 bridgehead atoms. The van der Waals surface area contributed by atoms with E-state index in [2.05, 4.69) is 16.0 Å². The molecule has 0 spiro atoms. The highest BCUT2D eigenvalue weighted by Crippen LogP contribution is 2.33. The second-order valence-electron chi connectivity index (χ2n) is 6.44. The van der Waals surface area contributed by atoms with Crippen molar-refractivity contribution in [1.29, 1.82) is 0 Å². The molecule has 1 amide bonds. The Bertz CT molecular complexity index is 697. The van der Waals surface area contributed by atoms with Crippen LogP contribution in [0.5, 0.6) is 0 Å². The Balaban J connectivity index is 1.46. The lowest BCUT2D eigenvalue weighted by Crippen LogP contribution is -2.39. The van der Waals surface area contributed by atoms with Crippen molar-refractivity contribution in [2.45, 2.75) is 38.4 Å². The first-order chi connectivity index (χ1) is 11.2. The molecule has 0 saturated carbocycles. The van der Waals surface area contributed by atoms with Crippen molar-refractivity contribution in [2.75, 3.05) is 13.1 Å². The Morgan fingerprint density at radius 2 is 2.13 bits per heavy atom. The van der Waals surface area contributed by atoms with E-state index < -0.39 is 0 Å². The van der Waals surface area contributed by atoms with Gasteiger partial charge < -0.3 is 9.32 Å². The molecule has 0 unspecified atom stereocenters. The Morgan fingerprint density at radius 3 is 2.87 bits per heavy atom. The van der Waals surface area contributed by atoms with Crippen LogP contribution in [-0.4, -0.2) is 45.9 Å². The standard InChI is InChI=1S/C18H21N3O2/c1-13-4-5-15(23-13)12-20-9-6-17-16(20)7-10-21(17)18(22)14-3-2-8-19-11-14/h2-5,8,11,16-17H,6-7,9-10,12H2,1H3/t16-,17+/m0/s1. The van der Waals surface area contributed by atoms with E-state index in [1.165, 1.54) is 0 Å². The predicted octanol–water partition coefficient (Wildman–Crippen LogP) is 2.47. The van der Waals surface area contributed by atoms with Crippen LogP contribution in [0.3, 0.4) is 0 Å². The van der Waals surface area contributed by atoms with Crippen molar-refractivity contribution >= 4 is 5.91 Å². The van der Waals surface area contributed by atoms with Gasteiger partial charge in [-0.25, -0.2) is 0 Å². The molecule has 2 aliphatic heterocycles. The van der Waals surface area contributed by atoms with Gasteiger partial charge in [-0.1, -0.05) is 0 Å². The maximum Gasteiger partial charge on any atom is 0.255 e. The molecule has 2 aromatic rings. The molecule has 0 aliphatic carbocycles. The molecule has 0 aromatic carbocycles. The number of likely N-dealkylation sites (tertiary alicyclic amines) is 2. The molecule has 120 valence electrons. The van der Waals surface area contributed by atoms with Crippen LogP contribution in [0.2, 0.25) is 0 Å². The molecule has 4 heterocycles. The number of carbonyl (C=O) groups is 1. The summed E-state index contributed by atoms with van der Waals surface area (Å²) in [7, 11) is 0. The summed E-state index contributed by atoms with van der Waals surface area (Å²) >= 11 is 0. The second kappa shape index (κ2) is 5.81. The van der Waals surface area contributed by atoms with Crippen molar-refractivity contribution < 1.29 is 9.21 Å². The SMILES string of the molecule is Cc1ccc(CN2CC[C@@H]3[C@@H]2CCN3C(=O)c2cccnc2)o1. The summed E-state index contributed by atoms with van der Waals surface area (Å²) in [5, 5.41) is 0. The van der Waals surface area contributed by atoms with Crippen LogP contribution in [-0.2, 0) is 6.54 Å². The van der Waals surface area contributed by atoms with Gasteiger partial charge in [-0.3, -0.25) is 14.7 Å². The second-order valence-corrected chi connectivity index (χ2v) is 6.44. The molecule has 2 saturated heterocycles. The van der Waals surface area contributed by atoms with Gasteiger partial charge >= 0.3 is 0 Å². The van der Waals surface area contributed by atoms with Crippen molar-refractivity contribution in [3.8, 4) is 0 Å². The highest BCUT2D eigenvalue weighted by molar-refractivity contribution is 5.94. The molecule has 0 radical (unpaired) electrons. The van der Waals surface area contributed by atoms with E-state index in [9.17, 15) is 4.79 Å². The molecule has 2 aromatic heterocycles. The quantitative estimate of drug-likeness (QED) is 0.874. The Hall–Kier alpha value is -2.14. The summed E-state index contributed by atoms with van der Waals surface area (Å²) in [5.74, 6) is 2.08. The molecular weight excluding hydrogens is 290 g/mol. The largest absolute Gasteiger partial charge is 0.465 e. The van der Waals surface area contributed by atoms with E-state index in [4.69, 9.17) is 4.42 Å². The van der Waals surface area contributed by atoms with E-state index in [0.717, 1.165) is 44.0 Å². The van der Waals surface area contributed by atoms with Crippen molar-refractivity contribution in [2.24, 2.45) is 0 Å². The first-order valence-electron chi connectivity index (χ1n) is 8.23. The van der Waals surface area contributed by atoms with Crippen LogP contribution in [0.4, 0.5) is 0 Å². The third kappa shape index (κ3) is 2.65. The minimum atomic E-state index is 0.112. The van der Waals surface area contributed by atoms with Crippen LogP contribution in [0.15, 0.2) is 41.1 Å². The number of furan rings is 1. The van der Waals surface area contributed by atoms with Crippen LogP contribution < -0.4 is 0 Å². The number of hydrogen-bond acceptors (Lipinski definition) is 4. The molecule has 5 heteroatoms. The zero-order valence-corrected chi connectivity index (χ0v) is 13.3. The van der Waals surface area contributed by atoms with Crippen LogP contribution in [0.25, 0.3) is 0 Å². The lowest BCUT2D eigenvalue weighted by atomic mass is 10.1. The molecule has 23 heavy (non-hydrogen) atoms. The van der Waals surface area contributed by atoms with E-state index in [-0.39, 0.29) is 5.91 Å². The summed E-state index contributed by atoms with van der Waals surface area (Å²) in [6.45, 7) is 4.66.